The van der Waals surface area contributed by atoms with Crippen LogP contribution in [-0.4, -0.2) is 15.9 Å². The molecule has 3 aromatic rings. The summed E-state index contributed by atoms with van der Waals surface area (Å²) in [4.78, 5) is 20.3. The molecule has 2 aromatic heterocycles. The number of carbonyl (C=O) groups is 1. The molecule has 0 unspecified atom stereocenters. The average Bonchev–Trinajstić information content (AvgIpc) is 2.93. The van der Waals surface area contributed by atoms with Crippen molar-refractivity contribution in [2.24, 2.45) is 0 Å². The number of aromatic nitrogens is 2. The van der Waals surface area contributed by atoms with Crippen molar-refractivity contribution in [2.75, 3.05) is 5.32 Å². The van der Waals surface area contributed by atoms with Crippen molar-refractivity contribution in [3.8, 4) is 11.1 Å². The first-order valence-corrected chi connectivity index (χ1v) is 7.34. The Labute approximate surface area is 126 Å². The fourth-order valence-corrected chi connectivity index (χ4v) is 2.62. The fraction of sp³-hybridized carbons (Fsp3) is 0.0625. The van der Waals surface area contributed by atoms with E-state index in [1.807, 2.05) is 48.7 Å². The van der Waals surface area contributed by atoms with Crippen molar-refractivity contribution in [3.05, 3.63) is 65.4 Å². The molecule has 0 aliphatic rings. The Morgan fingerprint density at radius 1 is 1.05 bits per heavy atom. The third-order valence-electron chi connectivity index (χ3n) is 3.00. The van der Waals surface area contributed by atoms with Gasteiger partial charge >= 0.3 is 0 Å². The number of aryl methyl sites for hydroxylation is 1. The Balaban J connectivity index is 1.76. The molecule has 2 heterocycles. The van der Waals surface area contributed by atoms with Gasteiger partial charge in [0.2, 0.25) is 0 Å². The van der Waals surface area contributed by atoms with E-state index in [-0.39, 0.29) is 5.91 Å². The van der Waals surface area contributed by atoms with Crippen LogP contribution in [-0.2, 0) is 0 Å². The molecular weight excluding hydrogens is 282 g/mol. The highest BCUT2D eigenvalue weighted by atomic mass is 32.1. The first kappa shape index (κ1) is 13.5. The zero-order valence-electron chi connectivity index (χ0n) is 11.4. The van der Waals surface area contributed by atoms with E-state index in [0.717, 1.165) is 16.8 Å². The predicted molar refractivity (Wildman–Crippen MR) is 84.5 cm³/mol. The van der Waals surface area contributed by atoms with Crippen molar-refractivity contribution in [2.45, 2.75) is 6.92 Å². The molecule has 104 valence electrons. The number of nitrogens with zero attached hydrogens (tertiary/aromatic N) is 2. The van der Waals surface area contributed by atoms with Gasteiger partial charge in [-0.15, -0.1) is 11.3 Å². The van der Waals surface area contributed by atoms with Crippen LogP contribution in [0.5, 0.6) is 0 Å². The Kier molecular flexibility index (Phi) is 3.75. The Morgan fingerprint density at radius 3 is 2.33 bits per heavy atom. The monoisotopic (exact) mass is 295 g/mol. The summed E-state index contributed by atoms with van der Waals surface area (Å²) in [5, 5.41) is 5.32. The predicted octanol–water partition coefficient (Wildman–Crippen LogP) is 3.77. The maximum atomic E-state index is 12.1. The summed E-state index contributed by atoms with van der Waals surface area (Å²) in [5.74, 6) is -0.148. The largest absolute Gasteiger partial charge is 0.298 e. The normalized spacial score (nSPS) is 10.3. The molecule has 0 saturated carbocycles. The molecule has 3 rings (SSSR count). The van der Waals surface area contributed by atoms with E-state index >= 15 is 0 Å². The topological polar surface area (TPSA) is 54.9 Å². The first-order valence-electron chi connectivity index (χ1n) is 6.46. The van der Waals surface area contributed by atoms with Gasteiger partial charge in [-0.25, -0.2) is 4.98 Å². The van der Waals surface area contributed by atoms with Crippen molar-refractivity contribution in [3.63, 3.8) is 0 Å². The number of anilines is 1. The summed E-state index contributed by atoms with van der Waals surface area (Å²) in [7, 11) is 0. The number of benzene rings is 1. The quantitative estimate of drug-likeness (QED) is 0.800. The van der Waals surface area contributed by atoms with Crippen molar-refractivity contribution in [1.82, 2.24) is 9.97 Å². The lowest BCUT2D eigenvalue weighted by molar-refractivity contribution is 0.102. The molecule has 0 bridgehead atoms. The lowest BCUT2D eigenvalue weighted by atomic mass is 10.1. The number of pyridine rings is 1. The molecule has 0 atom stereocenters. The molecule has 0 aliphatic heterocycles. The minimum absolute atomic E-state index is 0.148. The minimum atomic E-state index is -0.148. The highest BCUT2D eigenvalue weighted by Gasteiger charge is 2.08. The summed E-state index contributed by atoms with van der Waals surface area (Å²) in [5.41, 5.74) is 3.65. The van der Waals surface area contributed by atoms with Crippen LogP contribution in [0.4, 0.5) is 5.13 Å². The maximum absolute atomic E-state index is 12.1. The molecule has 5 heteroatoms. The smallest absolute Gasteiger partial charge is 0.257 e. The third kappa shape index (κ3) is 3.14. The van der Waals surface area contributed by atoms with Crippen molar-refractivity contribution in [1.29, 1.82) is 0 Å². The summed E-state index contributed by atoms with van der Waals surface area (Å²) >= 11 is 1.42. The molecule has 21 heavy (non-hydrogen) atoms. The number of hydrogen-bond donors (Lipinski definition) is 1. The standard InChI is InChI=1S/C16H13N3OS/c1-11-10-21-16(18-11)19-15(20)14-4-2-12(3-5-14)13-6-8-17-9-7-13/h2-10H,1H3,(H,18,19,20). The van der Waals surface area contributed by atoms with Gasteiger partial charge in [0.25, 0.3) is 5.91 Å². The van der Waals surface area contributed by atoms with E-state index in [1.54, 1.807) is 12.4 Å². The molecule has 0 aliphatic carbocycles. The third-order valence-corrected chi connectivity index (χ3v) is 3.88. The zero-order valence-corrected chi connectivity index (χ0v) is 12.2. The van der Waals surface area contributed by atoms with Crippen molar-refractivity contribution >= 4 is 22.4 Å². The van der Waals surface area contributed by atoms with Crippen LogP contribution >= 0.6 is 11.3 Å². The van der Waals surface area contributed by atoms with E-state index in [4.69, 9.17) is 0 Å². The van der Waals surface area contributed by atoms with E-state index in [1.165, 1.54) is 11.3 Å². The second kappa shape index (κ2) is 5.85. The van der Waals surface area contributed by atoms with E-state index in [9.17, 15) is 4.79 Å². The van der Waals surface area contributed by atoms with Gasteiger partial charge in [0.1, 0.15) is 0 Å². The van der Waals surface area contributed by atoms with Gasteiger partial charge in [-0.3, -0.25) is 15.1 Å². The number of carbonyl (C=O) groups excluding carboxylic acids is 1. The molecular formula is C16H13N3OS. The number of rotatable bonds is 3. The highest BCUT2D eigenvalue weighted by molar-refractivity contribution is 7.13. The van der Waals surface area contributed by atoms with Crippen LogP contribution in [0, 0.1) is 6.92 Å². The van der Waals surface area contributed by atoms with Crippen LogP contribution in [0.15, 0.2) is 54.2 Å². The number of amides is 1. The van der Waals surface area contributed by atoms with E-state index < -0.39 is 0 Å². The lowest BCUT2D eigenvalue weighted by Crippen LogP contribution is -2.11. The molecule has 0 radical (unpaired) electrons. The van der Waals surface area contributed by atoms with Crippen molar-refractivity contribution < 1.29 is 4.79 Å². The Morgan fingerprint density at radius 2 is 1.71 bits per heavy atom. The van der Waals surface area contributed by atoms with Gasteiger partial charge < -0.3 is 0 Å². The number of hydrogen-bond acceptors (Lipinski definition) is 4. The fourth-order valence-electron chi connectivity index (χ4n) is 1.94. The second-order valence-corrected chi connectivity index (χ2v) is 5.42. The van der Waals surface area contributed by atoms with Gasteiger partial charge in [-0.05, 0) is 42.3 Å². The summed E-state index contributed by atoms with van der Waals surface area (Å²) in [6.45, 7) is 1.90. The van der Waals surface area contributed by atoms with Gasteiger partial charge in [0, 0.05) is 23.3 Å². The molecule has 0 spiro atoms. The molecule has 0 saturated heterocycles. The first-order chi connectivity index (χ1) is 10.2. The van der Waals surface area contributed by atoms with Crippen LogP contribution in [0.2, 0.25) is 0 Å². The summed E-state index contributed by atoms with van der Waals surface area (Å²) < 4.78 is 0. The number of nitrogens with one attached hydrogen (secondary N) is 1. The summed E-state index contributed by atoms with van der Waals surface area (Å²) in [6.07, 6.45) is 3.50. The number of thiazole rings is 1. The summed E-state index contributed by atoms with van der Waals surface area (Å²) in [6, 6.07) is 11.4. The zero-order chi connectivity index (χ0) is 14.7. The molecule has 1 N–H and O–H groups in total. The van der Waals surface area contributed by atoms with E-state index in [0.29, 0.717) is 10.7 Å². The minimum Gasteiger partial charge on any atom is -0.298 e. The Bertz CT molecular complexity index is 751. The maximum Gasteiger partial charge on any atom is 0.257 e. The highest BCUT2D eigenvalue weighted by Crippen LogP contribution is 2.20. The van der Waals surface area contributed by atoms with Crippen LogP contribution in [0.1, 0.15) is 16.1 Å². The van der Waals surface area contributed by atoms with Gasteiger partial charge in [0.15, 0.2) is 5.13 Å². The molecule has 0 fully saturated rings. The average molecular weight is 295 g/mol. The van der Waals surface area contributed by atoms with Crippen LogP contribution in [0.3, 0.4) is 0 Å². The Hall–Kier alpha value is -2.53. The van der Waals surface area contributed by atoms with Gasteiger partial charge in [-0.1, -0.05) is 12.1 Å². The lowest BCUT2D eigenvalue weighted by Gasteiger charge is -2.04. The van der Waals surface area contributed by atoms with Gasteiger partial charge in [-0.2, -0.15) is 0 Å². The van der Waals surface area contributed by atoms with Crippen LogP contribution < -0.4 is 5.32 Å². The van der Waals surface area contributed by atoms with E-state index in [2.05, 4.69) is 15.3 Å². The van der Waals surface area contributed by atoms with Gasteiger partial charge in [0.05, 0.1) is 5.69 Å². The second-order valence-electron chi connectivity index (χ2n) is 4.56. The molecule has 1 amide bonds. The molecule has 4 nitrogen and oxygen atoms in total. The SMILES string of the molecule is Cc1csc(NC(=O)c2ccc(-c3ccncc3)cc2)n1. The molecule has 1 aromatic carbocycles. The van der Waals surface area contributed by atoms with Crippen LogP contribution in [0.25, 0.3) is 11.1 Å².